The Morgan fingerprint density at radius 3 is 2.43 bits per heavy atom. The number of aliphatic hydroxyl groups is 1. The van der Waals surface area contributed by atoms with E-state index in [0.29, 0.717) is 6.42 Å². The fourth-order valence-corrected chi connectivity index (χ4v) is 0.915. The summed E-state index contributed by atoms with van der Waals surface area (Å²) in [6, 6.07) is -0.933. The highest BCUT2D eigenvalue weighted by atomic mass is 16.4. The van der Waals surface area contributed by atoms with Gasteiger partial charge in [-0.2, -0.15) is 0 Å². The molecule has 0 aromatic heterocycles. The van der Waals surface area contributed by atoms with Crippen molar-refractivity contribution >= 4 is 11.9 Å². The van der Waals surface area contributed by atoms with Gasteiger partial charge in [0.1, 0.15) is 12.3 Å². The van der Waals surface area contributed by atoms with E-state index < -0.39 is 24.1 Å². The smallest absolute Gasteiger partial charge is 0.320 e. The summed E-state index contributed by atoms with van der Waals surface area (Å²) in [5.41, 5.74) is 4.88. The summed E-state index contributed by atoms with van der Waals surface area (Å²) in [4.78, 5) is 21.1. The lowest BCUT2D eigenvalue weighted by Crippen LogP contribution is -2.43. The van der Waals surface area contributed by atoms with Crippen molar-refractivity contribution < 1.29 is 19.8 Å². The van der Waals surface area contributed by atoms with Crippen molar-refractivity contribution in [1.29, 1.82) is 0 Å². The number of nitrogens with two attached hydrogens (primary N) is 1. The number of hydrogen-bond acceptors (Lipinski definition) is 4. The minimum Gasteiger partial charge on any atom is -0.480 e. The Morgan fingerprint density at radius 2 is 2.07 bits per heavy atom. The summed E-state index contributed by atoms with van der Waals surface area (Å²) in [5, 5.41) is 20.3. The molecule has 0 aliphatic rings. The number of nitrogens with one attached hydrogen (secondary N) is 1. The molecule has 1 unspecified atom stereocenters. The fraction of sp³-hybridized carbons (Fsp3) is 0.750. The van der Waals surface area contributed by atoms with Gasteiger partial charge in [-0.1, -0.05) is 6.92 Å². The average Bonchev–Trinajstić information content (AvgIpc) is 2.10. The van der Waals surface area contributed by atoms with Crippen LogP contribution < -0.4 is 11.1 Å². The van der Waals surface area contributed by atoms with E-state index in [-0.39, 0.29) is 12.8 Å². The number of aliphatic carboxylic acids is 1. The number of aliphatic hydroxyl groups excluding tert-OH is 1. The van der Waals surface area contributed by atoms with E-state index in [1.165, 1.54) is 0 Å². The first kappa shape index (κ1) is 12.9. The normalized spacial score (nSPS) is 14.7. The van der Waals surface area contributed by atoms with Crippen LogP contribution >= 0.6 is 0 Å². The molecular weight excluding hydrogens is 188 g/mol. The molecule has 14 heavy (non-hydrogen) atoms. The summed E-state index contributed by atoms with van der Waals surface area (Å²) in [7, 11) is 0. The molecule has 6 heteroatoms. The summed E-state index contributed by atoms with van der Waals surface area (Å²) in [6.45, 7) is 1.71. The minimum absolute atomic E-state index is 0.0135. The summed E-state index contributed by atoms with van der Waals surface area (Å²) in [5.74, 6) is -1.65. The van der Waals surface area contributed by atoms with Gasteiger partial charge in [-0.25, -0.2) is 0 Å². The molecule has 0 rings (SSSR count). The van der Waals surface area contributed by atoms with Crippen molar-refractivity contribution in [2.24, 2.45) is 5.73 Å². The predicted octanol–water partition coefficient (Wildman–Crippen LogP) is -0.977. The Labute approximate surface area is 82.1 Å². The van der Waals surface area contributed by atoms with E-state index in [9.17, 15) is 9.59 Å². The molecular formula is C8H16N2O4. The maximum Gasteiger partial charge on any atom is 0.320 e. The van der Waals surface area contributed by atoms with Crippen LogP contribution in [0.25, 0.3) is 0 Å². The second kappa shape index (κ2) is 6.33. The lowest BCUT2D eigenvalue weighted by molar-refractivity contribution is -0.140. The lowest BCUT2D eigenvalue weighted by Gasteiger charge is -2.17. The zero-order chi connectivity index (χ0) is 11.1. The fourth-order valence-electron chi connectivity index (χ4n) is 0.915. The SMILES string of the molecule is CCC(O)N[C@@H](CCC(N)=O)C(=O)O. The van der Waals surface area contributed by atoms with Crippen molar-refractivity contribution in [3.63, 3.8) is 0 Å². The second-order valence-electron chi connectivity index (χ2n) is 2.99. The van der Waals surface area contributed by atoms with Gasteiger partial charge in [0.05, 0.1) is 0 Å². The van der Waals surface area contributed by atoms with Gasteiger partial charge in [-0.15, -0.1) is 0 Å². The molecule has 5 N–H and O–H groups in total. The van der Waals surface area contributed by atoms with Crippen LogP contribution in [0.15, 0.2) is 0 Å². The van der Waals surface area contributed by atoms with Gasteiger partial charge in [0.2, 0.25) is 5.91 Å². The molecule has 0 aliphatic heterocycles. The Balaban J connectivity index is 4.02. The van der Waals surface area contributed by atoms with Crippen molar-refractivity contribution in [2.45, 2.75) is 38.5 Å². The molecule has 0 aliphatic carbocycles. The molecule has 1 amide bonds. The maximum atomic E-state index is 10.6. The topological polar surface area (TPSA) is 113 Å². The van der Waals surface area contributed by atoms with Crippen molar-refractivity contribution in [3.05, 3.63) is 0 Å². The van der Waals surface area contributed by atoms with Gasteiger partial charge in [-0.3, -0.25) is 14.9 Å². The Morgan fingerprint density at radius 1 is 1.50 bits per heavy atom. The zero-order valence-electron chi connectivity index (χ0n) is 8.06. The third kappa shape index (κ3) is 5.50. The summed E-state index contributed by atoms with van der Waals surface area (Å²) >= 11 is 0. The van der Waals surface area contributed by atoms with E-state index in [4.69, 9.17) is 15.9 Å². The molecule has 0 aromatic carbocycles. The molecule has 0 bridgehead atoms. The average molecular weight is 204 g/mol. The van der Waals surface area contributed by atoms with Gasteiger partial charge in [-0.05, 0) is 12.8 Å². The Kier molecular flexibility index (Phi) is 5.82. The van der Waals surface area contributed by atoms with Crippen LogP contribution in [0.4, 0.5) is 0 Å². The van der Waals surface area contributed by atoms with Crippen molar-refractivity contribution in [3.8, 4) is 0 Å². The first-order valence-electron chi connectivity index (χ1n) is 4.42. The van der Waals surface area contributed by atoms with E-state index in [0.717, 1.165) is 0 Å². The van der Waals surface area contributed by atoms with E-state index in [1.807, 2.05) is 0 Å². The Bertz CT molecular complexity index is 208. The van der Waals surface area contributed by atoms with E-state index in [1.54, 1.807) is 6.92 Å². The number of carbonyl (C=O) groups excluding carboxylic acids is 1. The molecule has 6 nitrogen and oxygen atoms in total. The molecule has 0 saturated carbocycles. The molecule has 0 heterocycles. The highest BCUT2D eigenvalue weighted by Gasteiger charge is 2.19. The lowest BCUT2D eigenvalue weighted by atomic mass is 10.1. The minimum atomic E-state index is -1.10. The molecule has 0 radical (unpaired) electrons. The van der Waals surface area contributed by atoms with Gasteiger partial charge in [0.25, 0.3) is 0 Å². The zero-order valence-corrected chi connectivity index (χ0v) is 8.06. The largest absolute Gasteiger partial charge is 0.480 e. The second-order valence-corrected chi connectivity index (χ2v) is 2.99. The number of primary amides is 1. The van der Waals surface area contributed by atoms with Crippen LogP contribution in [-0.2, 0) is 9.59 Å². The Hall–Kier alpha value is -1.14. The van der Waals surface area contributed by atoms with Gasteiger partial charge >= 0.3 is 5.97 Å². The quantitative estimate of drug-likeness (QED) is 0.398. The first-order chi connectivity index (χ1) is 6.47. The monoisotopic (exact) mass is 204 g/mol. The third-order valence-corrected chi connectivity index (χ3v) is 1.76. The third-order valence-electron chi connectivity index (χ3n) is 1.76. The number of carboxylic acid groups (broad SMARTS) is 1. The van der Waals surface area contributed by atoms with Crippen LogP contribution in [0.5, 0.6) is 0 Å². The van der Waals surface area contributed by atoms with Gasteiger partial charge in [0, 0.05) is 6.42 Å². The first-order valence-corrected chi connectivity index (χ1v) is 4.42. The van der Waals surface area contributed by atoms with E-state index in [2.05, 4.69) is 5.32 Å². The predicted molar refractivity (Wildman–Crippen MR) is 49.3 cm³/mol. The number of rotatable bonds is 7. The van der Waals surface area contributed by atoms with Gasteiger partial charge < -0.3 is 15.9 Å². The highest BCUT2D eigenvalue weighted by molar-refractivity contribution is 5.77. The van der Waals surface area contributed by atoms with Crippen LogP contribution in [0.2, 0.25) is 0 Å². The maximum absolute atomic E-state index is 10.6. The number of carbonyl (C=O) groups is 2. The highest BCUT2D eigenvalue weighted by Crippen LogP contribution is 1.99. The molecule has 2 atom stereocenters. The molecule has 0 spiro atoms. The van der Waals surface area contributed by atoms with Crippen molar-refractivity contribution in [2.75, 3.05) is 0 Å². The molecule has 0 aromatic rings. The van der Waals surface area contributed by atoms with E-state index >= 15 is 0 Å². The van der Waals surface area contributed by atoms with Gasteiger partial charge in [0.15, 0.2) is 0 Å². The standard InChI is InChI=1S/C8H16N2O4/c1-2-7(12)10-5(8(13)14)3-4-6(9)11/h5,7,10,12H,2-4H2,1H3,(H2,9,11)(H,13,14)/t5-,7?/m0/s1. The summed E-state index contributed by atoms with van der Waals surface area (Å²) in [6.07, 6.45) is -0.397. The van der Waals surface area contributed by atoms with Crippen LogP contribution in [0.1, 0.15) is 26.2 Å². The van der Waals surface area contributed by atoms with Crippen LogP contribution in [-0.4, -0.2) is 34.4 Å². The number of hydrogen-bond donors (Lipinski definition) is 4. The van der Waals surface area contributed by atoms with Crippen LogP contribution in [0.3, 0.4) is 0 Å². The molecule has 0 fully saturated rings. The molecule has 82 valence electrons. The van der Waals surface area contributed by atoms with Crippen LogP contribution in [0, 0.1) is 0 Å². The number of carboxylic acids is 1. The summed E-state index contributed by atoms with van der Waals surface area (Å²) < 4.78 is 0. The number of amides is 1. The van der Waals surface area contributed by atoms with Crippen molar-refractivity contribution in [1.82, 2.24) is 5.32 Å². The molecule has 0 saturated heterocycles.